The number of hydrogen-bond acceptors (Lipinski definition) is 5. The van der Waals surface area contributed by atoms with Crippen LogP contribution in [0, 0.1) is 11.5 Å². The van der Waals surface area contributed by atoms with Gasteiger partial charge in [0.1, 0.15) is 23.4 Å². The van der Waals surface area contributed by atoms with Gasteiger partial charge in [-0.1, -0.05) is 17.3 Å². The van der Waals surface area contributed by atoms with Crippen LogP contribution in [0.1, 0.15) is 5.69 Å². The summed E-state index contributed by atoms with van der Waals surface area (Å²) in [7, 11) is 1.43. The van der Waals surface area contributed by atoms with Crippen molar-refractivity contribution in [3.05, 3.63) is 46.6 Å². The summed E-state index contributed by atoms with van der Waals surface area (Å²) in [4.78, 5) is 16.6. The van der Waals surface area contributed by atoms with E-state index >= 15 is 0 Å². The zero-order valence-corrected chi connectivity index (χ0v) is 13.1. The highest BCUT2D eigenvalue weighted by Crippen LogP contribution is 2.36. The van der Waals surface area contributed by atoms with Crippen LogP contribution in [0.2, 0.25) is 0 Å². The summed E-state index contributed by atoms with van der Waals surface area (Å²) in [6.45, 7) is 0. The van der Waals surface area contributed by atoms with Gasteiger partial charge >= 0.3 is 6.18 Å². The van der Waals surface area contributed by atoms with Crippen molar-refractivity contribution in [2.75, 3.05) is 0 Å². The summed E-state index contributed by atoms with van der Waals surface area (Å²) < 4.78 is 43.0. The third-order valence-electron chi connectivity index (χ3n) is 4.02. The average molecular weight is 359 g/mol. The second kappa shape index (κ2) is 5.16. The number of fused-ring (bicyclic) bond motifs is 3. The number of imidazole rings is 1. The largest absolute Gasteiger partial charge is 0.436 e. The van der Waals surface area contributed by atoms with E-state index in [-0.39, 0.29) is 16.0 Å². The molecule has 0 aliphatic carbocycles. The summed E-state index contributed by atoms with van der Waals surface area (Å²) in [5.41, 5.74) is -1.94. The second-order valence-electron chi connectivity index (χ2n) is 5.46. The van der Waals surface area contributed by atoms with Crippen LogP contribution in [-0.4, -0.2) is 28.9 Å². The molecule has 11 heteroatoms. The molecule has 0 saturated heterocycles. The molecule has 0 aliphatic rings. The van der Waals surface area contributed by atoms with Crippen LogP contribution in [0.3, 0.4) is 0 Å². The van der Waals surface area contributed by atoms with E-state index in [4.69, 9.17) is 5.26 Å². The van der Waals surface area contributed by atoms with Gasteiger partial charge in [-0.3, -0.25) is 13.8 Å². The van der Waals surface area contributed by atoms with Crippen molar-refractivity contribution < 1.29 is 13.2 Å². The summed E-state index contributed by atoms with van der Waals surface area (Å²) in [5, 5.41) is 16.0. The molecule has 4 rings (SSSR count). The minimum atomic E-state index is -4.87. The van der Waals surface area contributed by atoms with Crippen molar-refractivity contribution in [1.29, 1.82) is 5.26 Å². The van der Waals surface area contributed by atoms with Gasteiger partial charge in [0.15, 0.2) is 5.69 Å². The predicted molar refractivity (Wildman–Crippen MR) is 83.0 cm³/mol. The lowest BCUT2D eigenvalue weighted by Crippen LogP contribution is -2.20. The monoisotopic (exact) mass is 359 g/mol. The zero-order chi connectivity index (χ0) is 18.6. The second-order valence-corrected chi connectivity index (χ2v) is 5.46. The van der Waals surface area contributed by atoms with E-state index in [1.807, 2.05) is 0 Å². The fourth-order valence-electron chi connectivity index (χ4n) is 2.91. The first-order valence-corrected chi connectivity index (χ1v) is 7.22. The van der Waals surface area contributed by atoms with Gasteiger partial charge in [0.2, 0.25) is 6.19 Å². The Balaban J connectivity index is 2.15. The number of aryl methyl sites for hydroxylation is 1. The van der Waals surface area contributed by atoms with Crippen molar-refractivity contribution in [2.45, 2.75) is 6.18 Å². The molecule has 0 aliphatic heterocycles. The lowest BCUT2D eigenvalue weighted by molar-refractivity contribution is -0.142. The molecule has 4 aromatic rings. The highest BCUT2D eigenvalue weighted by atomic mass is 19.4. The van der Waals surface area contributed by atoms with Crippen molar-refractivity contribution in [3.63, 3.8) is 0 Å². The molecular weight excluding hydrogens is 351 g/mol. The van der Waals surface area contributed by atoms with Crippen molar-refractivity contribution in [3.8, 4) is 17.6 Å². The molecular formula is C15H8F3N7O. The first kappa shape index (κ1) is 15.8. The Morgan fingerprint density at radius 1 is 1.19 bits per heavy atom. The van der Waals surface area contributed by atoms with Crippen LogP contribution >= 0.6 is 0 Å². The smallest absolute Gasteiger partial charge is 0.295 e. The lowest BCUT2D eigenvalue weighted by Gasteiger charge is -2.09. The van der Waals surface area contributed by atoms with E-state index in [1.54, 1.807) is 24.3 Å². The molecule has 3 aromatic heterocycles. The number of nitrogens with zero attached hydrogens (tertiary/aromatic N) is 7. The number of para-hydroxylation sites is 1. The first-order valence-electron chi connectivity index (χ1n) is 7.22. The lowest BCUT2D eigenvalue weighted by atomic mass is 10.2. The standard InChI is InChI=1S/C15H8F3N7O/c1-23-13-11(10-12(15(16,17)18)25(6-19)22-21-10)20-7-24(13)9-5-3-2-4-8(9)14(23)26/h2-5,7H,1H3. The molecule has 0 spiro atoms. The number of aromatic nitrogens is 6. The van der Waals surface area contributed by atoms with Gasteiger partial charge in [0, 0.05) is 7.05 Å². The Morgan fingerprint density at radius 2 is 1.92 bits per heavy atom. The highest BCUT2D eigenvalue weighted by Gasteiger charge is 2.41. The van der Waals surface area contributed by atoms with E-state index in [1.165, 1.54) is 28.5 Å². The fourth-order valence-corrected chi connectivity index (χ4v) is 2.91. The van der Waals surface area contributed by atoms with Crippen LogP contribution in [-0.2, 0) is 13.2 Å². The molecule has 8 nitrogen and oxygen atoms in total. The molecule has 3 heterocycles. The number of halogens is 3. The number of benzene rings is 1. The molecule has 0 fully saturated rings. The molecule has 1 aromatic carbocycles. The van der Waals surface area contributed by atoms with Crippen molar-refractivity contribution in [2.24, 2.45) is 7.05 Å². The number of rotatable bonds is 1. The molecule has 26 heavy (non-hydrogen) atoms. The maximum Gasteiger partial charge on any atom is 0.436 e. The zero-order valence-electron chi connectivity index (χ0n) is 13.1. The van der Waals surface area contributed by atoms with E-state index in [2.05, 4.69) is 15.3 Å². The van der Waals surface area contributed by atoms with Gasteiger partial charge in [-0.2, -0.15) is 18.4 Å². The van der Waals surface area contributed by atoms with Crippen molar-refractivity contribution in [1.82, 2.24) is 28.9 Å². The van der Waals surface area contributed by atoms with Gasteiger partial charge in [-0.25, -0.2) is 4.98 Å². The normalized spacial score (nSPS) is 12.0. The number of alkyl halides is 3. The Kier molecular flexibility index (Phi) is 3.14. The molecule has 0 N–H and O–H groups in total. The van der Waals surface area contributed by atoms with E-state index in [0.29, 0.717) is 10.9 Å². The molecule has 0 amide bonds. The van der Waals surface area contributed by atoms with Crippen LogP contribution in [0.15, 0.2) is 35.4 Å². The molecule has 0 saturated carbocycles. The fraction of sp³-hybridized carbons (Fsp3) is 0.133. The Hall–Kier alpha value is -3.68. The molecule has 0 bridgehead atoms. The van der Waals surface area contributed by atoms with Gasteiger partial charge in [-0.05, 0) is 12.1 Å². The summed E-state index contributed by atoms with van der Waals surface area (Å²) in [5.74, 6) is 0. The third-order valence-corrected chi connectivity index (χ3v) is 4.02. The molecule has 130 valence electrons. The molecule has 0 unspecified atom stereocenters. The van der Waals surface area contributed by atoms with Gasteiger partial charge in [0.25, 0.3) is 5.56 Å². The highest BCUT2D eigenvalue weighted by molar-refractivity contribution is 5.84. The summed E-state index contributed by atoms with van der Waals surface area (Å²) in [6, 6.07) is 6.66. The quantitative estimate of drug-likeness (QED) is 0.516. The summed E-state index contributed by atoms with van der Waals surface area (Å²) in [6.07, 6.45) is -2.26. The molecule has 0 atom stereocenters. The van der Waals surface area contributed by atoms with Crippen LogP contribution < -0.4 is 5.56 Å². The Morgan fingerprint density at radius 3 is 2.62 bits per heavy atom. The number of nitriles is 1. The summed E-state index contributed by atoms with van der Waals surface area (Å²) >= 11 is 0. The van der Waals surface area contributed by atoms with Gasteiger partial charge in [0.05, 0.1) is 10.9 Å². The predicted octanol–water partition coefficient (Wildman–Crippen LogP) is 1.79. The van der Waals surface area contributed by atoms with E-state index in [9.17, 15) is 18.0 Å². The Labute approximate surface area is 142 Å². The topological polar surface area (TPSA) is 93.8 Å². The van der Waals surface area contributed by atoms with Crippen LogP contribution in [0.4, 0.5) is 13.2 Å². The van der Waals surface area contributed by atoms with Crippen LogP contribution in [0.25, 0.3) is 27.9 Å². The number of hydrogen-bond donors (Lipinski definition) is 0. The minimum Gasteiger partial charge on any atom is -0.295 e. The minimum absolute atomic E-state index is 0.0830. The van der Waals surface area contributed by atoms with Gasteiger partial charge in [-0.15, -0.1) is 9.78 Å². The van der Waals surface area contributed by atoms with E-state index in [0.717, 1.165) is 0 Å². The average Bonchev–Trinajstić information content (AvgIpc) is 3.23. The first-order chi connectivity index (χ1) is 12.3. The maximum atomic E-state index is 13.4. The van der Waals surface area contributed by atoms with Crippen LogP contribution in [0.5, 0.6) is 0 Å². The van der Waals surface area contributed by atoms with Gasteiger partial charge < -0.3 is 0 Å². The molecule has 0 radical (unpaired) electrons. The third kappa shape index (κ3) is 2.02. The van der Waals surface area contributed by atoms with E-state index < -0.39 is 23.1 Å². The Bertz CT molecular complexity index is 1270. The van der Waals surface area contributed by atoms with Crippen molar-refractivity contribution >= 4 is 16.6 Å². The maximum absolute atomic E-state index is 13.4. The SMILES string of the molecule is Cn1c(=O)c2ccccc2n2cnc(-c3nnn(C#N)c3C(F)(F)F)c12.